The van der Waals surface area contributed by atoms with E-state index in [9.17, 15) is 4.79 Å². The standard InChI is InChI=1S/C15H25NO2S/c1-10(2)9-12(15(17)18-5)16-14(11(3)4)13-7-6-8-19-13/h6-8,10-12,14,16H,9H2,1-5H3. The third kappa shape index (κ3) is 4.96. The Balaban J connectivity index is 2.82. The number of methoxy groups -OCH3 is 1. The van der Waals surface area contributed by atoms with Crippen molar-refractivity contribution in [3.8, 4) is 0 Å². The molecule has 0 amide bonds. The summed E-state index contributed by atoms with van der Waals surface area (Å²) in [5, 5.41) is 5.55. The first kappa shape index (κ1) is 16.2. The highest BCUT2D eigenvalue weighted by molar-refractivity contribution is 7.10. The van der Waals surface area contributed by atoms with Crippen molar-refractivity contribution in [2.24, 2.45) is 11.8 Å². The van der Waals surface area contributed by atoms with Gasteiger partial charge in [-0.1, -0.05) is 33.8 Å². The molecule has 2 unspecified atom stereocenters. The van der Waals surface area contributed by atoms with Crippen LogP contribution in [0.1, 0.15) is 45.0 Å². The Morgan fingerprint density at radius 2 is 2.05 bits per heavy atom. The number of hydrogen-bond acceptors (Lipinski definition) is 4. The molecule has 0 aliphatic carbocycles. The quantitative estimate of drug-likeness (QED) is 0.777. The van der Waals surface area contributed by atoms with Gasteiger partial charge in [0.05, 0.1) is 7.11 Å². The molecule has 1 N–H and O–H groups in total. The topological polar surface area (TPSA) is 38.3 Å². The van der Waals surface area contributed by atoms with Gasteiger partial charge in [-0.25, -0.2) is 0 Å². The summed E-state index contributed by atoms with van der Waals surface area (Å²) >= 11 is 1.72. The first-order chi connectivity index (χ1) is 8.95. The minimum atomic E-state index is -0.237. The van der Waals surface area contributed by atoms with Gasteiger partial charge in [-0.2, -0.15) is 0 Å². The number of carbonyl (C=O) groups excluding carboxylic acids is 1. The van der Waals surface area contributed by atoms with Gasteiger partial charge in [0.1, 0.15) is 6.04 Å². The number of nitrogens with one attached hydrogen (secondary N) is 1. The van der Waals surface area contributed by atoms with Crippen molar-refractivity contribution in [1.82, 2.24) is 5.32 Å². The van der Waals surface area contributed by atoms with E-state index in [1.165, 1.54) is 12.0 Å². The Hall–Kier alpha value is -0.870. The van der Waals surface area contributed by atoms with E-state index in [1.807, 2.05) is 6.07 Å². The van der Waals surface area contributed by atoms with Gasteiger partial charge in [0, 0.05) is 10.9 Å². The van der Waals surface area contributed by atoms with Crippen molar-refractivity contribution in [3.63, 3.8) is 0 Å². The molecule has 0 fully saturated rings. The molecule has 3 nitrogen and oxygen atoms in total. The summed E-state index contributed by atoms with van der Waals surface area (Å²) in [4.78, 5) is 13.2. The molecule has 0 aromatic carbocycles. The molecule has 1 aromatic rings. The Labute approximate surface area is 120 Å². The minimum absolute atomic E-state index is 0.170. The van der Waals surface area contributed by atoms with Crippen molar-refractivity contribution in [3.05, 3.63) is 22.4 Å². The normalized spacial score (nSPS) is 14.7. The molecule has 1 rings (SSSR count). The van der Waals surface area contributed by atoms with E-state index in [0.717, 1.165) is 6.42 Å². The van der Waals surface area contributed by atoms with E-state index in [2.05, 4.69) is 44.5 Å². The lowest BCUT2D eigenvalue weighted by molar-refractivity contribution is -0.143. The largest absolute Gasteiger partial charge is 0.468 e. The fourth-order valence-electron chi connectivity index (χ4n) is 2.13. The second-order valence-electron chi connectivity index (χ2n) is 5.61. The molecule has 2 atom stereocenters. The van der Waals surface area contributed by atoms with Gasteiger partial charge >= 0.3 is 5.97 Å². The monoisotopic (exact) mass is 283 g/mol. The van der Waals surface area contributed by atoms with Crippen LogP contribution >= 0.6 is 11.3 Å². The van der Waals surface area contributed by atoms with Crippen molar-refractivity contribution in [1.29, 1.82) is 0 Å². The zero-order valence-electron chi connectivity index (χ0n) is 12.5. The molecule has 0 aliphatic heterocycles. The van der Waals surface area contributed by atoms with E-state index in [4.69, 9.17) is 4.74 Å². The van der Waals surface area contributed by atoms with Crippen LogP contribution in [0.15, 0.2) is 17.5 Å². The van der Waals surface area contributed by atoms with Gasteiger partial charge in [-0.3, -0.25) is 10.1 Å². The molecule has 0 spiro atoms. The fraction of sp³-hybridized carbons (Fsp3) is 0.667. The molecule has 0 saturated carbocycles. The highest BCUT2D eigenvalue weighted by Crippen LogP contribution is 2.27. The SMILES string of the molecule is COC(=O)C(CC(C)C)NC(c1cccs1)C(C)C. The summed E-state index contributed by atoms with van der Waals surface area (Å²) in [7, 11) is 1.45. The lowest BCUT2D eigenvalue weighted by Gasteiger charge is -2.27. The first-order valence-corrected chi connectivity index (χ1v) is 7.71. The Morgan fingerprint density at radius 1 is 1.37 bits per heavy atom. The van der Waals surface area contributed by atoms with Crippen LogP contribution in [-0.4, -0.2) is 19.1 Å². The second-order valence-corrected chi connectivity index (χ2v) is 6.59. The predicted octanol–water partition coefficient (Wildman–Crippen LogP) is 3.62. The first-order valence-electron chi connectivity index (χ1n) is 6.83. The molecule has 0 radical (unpaired) electrons. The summed E-state index contributed by atoms with van der Waals surface area (Å²) in [5.74, 6) is 0.710. The minimum Gasteiger partial charge on any atom is -0.468 e. The zero-order valence-corrected chi connectivity index (χ0v) is 13.3. The Morgan fingerprint density at radius 3 is 2.47 bits per heavy atom. The maximum absolute atomic E-state index is 11.9. The maximum atomic E-state index is 11.9. The lowest BCUT2D eigenvalue weighted by atomic mass is 9.98. The molecule has 1 aromatic heterocycles. The fourth-order valence-corrected chi connectivity index (χ4v) is 3.09. The molecule has 19 heavy (non-hydrogen) atoms. The van der Waals surface area contributed by atoms with Gasteiger partial charge in [0.25, 0.3) is 0 Å². The van der Waals surface area contributed by atoms with Gasteiger partial charge in [0.15, 0.2) is 0 Å². The van der Waals surface area contributed by atoms with Crippen LogP contribution in [0.4, 0.5) is 0 Å². The highest BCUT2D eigenvalue weighted by atomic mass is 32.1. The van der Waals surface area contributed by atoms with Gasteiger partial charge in [-0.05, 0) is 29.7 Å². The van der Waals surface area contributed by atoms with Crippen LogP contribution < -0.4 is 5.32 Å². The average molecular weight is 283 g/mol. The van der Waals surface area contributed by atoms with Crippen LogP contribution in [0.5, 0.6) is 0 Å². The van der Waals surface area contributed by atoms with Crippen LogP contribution in [0, 0.1) is 11.8 Å². The van der Waals surface area contributed by atoms with Crippen LogP contribution in [-0.2, 0) is 9.53 Å². The van der Waals surface area contributed by atoms with Crippen LogP contribution in [0.25, 0.3) is 0 Å². The summed E-state index contributed by atoms with van der Waals surface area (Å²) < 4.78 is 4.91. The average Bonchev–Trinajstić information content (AvgIpc) is 2.85. The zero-order chi connectivity index (χ0) is 14.4. The highest BCUT2D eigenvalue weighted by Gasteiger charge is 2.26. The number of hydrogen-bond donors (Lipinski definition) is 1. The van der Waals surface area contributed by atoms with Crippen molar-refractivity contribution in [2.75, 3.05) is 7.11 Å². The molecule has 1 heterocycles. The summed E-state index contributed by atoms with van der Waals surface area (Å²) in [6.07, 6.45) is 0.793. The van der Waals surface area contributed by atoms with E-state index in [1.54, 1.807) is 11.3 Å². The molecule has 0 aliphatic rings. The molecular weight excluding hydrogens is 258 g/mol. The summed E-state index contributed by atoms with van der Waals surface area (Å²) in [6, 6.07) is 4.13. The van der Waals surface area contributed by atoms with E-state index < -0.39 is 0 Å². The van der Waals surface area contributed by atoms with Gasteiger partial charge in [0.2, 0.25) is 0 Å². The van der Waals surface area contributed by atoms with E-state index in [-0.39, 0.29) is 18.1 Å². The third-order valence-electron chi connectivity index (χ3n) is 3.09. The number of ether oxygens (including phenoxy) is 1. The summed E-state index contributed by atoms with van der Waals surface area (Å²) in [5.41, 5.74) is 0. The maximum Gasteiger partial charge on any atom is 0.322 e. The smallest absolute Gasteiger partial charge is 0.322 e. The number of rotatable bonds is 7. The summed E-state index contributed by atoms with van der Waals surface area (Å²) in [6.45, 7) is 8.57. The third-order valence-corrected chi connectivity index (χ3v) is 4.05. The molecule has 4 heteroatoms. The predicted molar refractivity (Wildman–Crippen MR) is 80.3 cm³/mol. The van der Waals surface area contributed by atoms with E-state index >= 15 is 0 Å². The molecule has 0 saturated heterocycles. The molecular formula is C15H25NO2S. The number of carbonyl (C=O) groups is 1. The molecule has 0 bridgehead atoms. The van der Waals surface area contributed by atoms with Crippen LogP contribution in [0.2, 0.25) is 0 Å². The number of thiophene rings is 1. The van der Waals surface area contributed by atoms with Crippen molar-refractivity contribution < 1.29 is 9.53 Å². The van der Waals surface area contributed by atoms with Crippen LogP contribution in [0.3, 0.4) is 0 Å². The van der Waals surface area contributed by atoms with Gasteiger partial charge in [-0.15, -0.1) is 11.3 Å². The van der Waals surface area contributed by atoms with Crippen molar-refractivity contribution in [2.45, 2.75) is 46.2 Å². The van der Waals surface area contributed by atoms with Crippen molar-refractivity contribution >= 4 is 17.3 Å². The lowest BCUT2D eigenvalue weighted by Crippen LogP contribution is -2.42. The Bertz CT molecular complexity index is 374. The van der Waals surface area contributed by atoms with E-state index in [0.29, 0.717) is 11.8 Å². The number of esters is 1. The van der Waals surface area contributed by atoms with Gasteiger partial charge < -0.3 is 4.74 Å². The second kappa shape index (κ2) is 7.65. The Kier molecular flexibility index (Phi) is 6.52. The molecule has 108 valence electrons.